The largest absolute Gasteiger partial charge is 1.00 e. The Hall–Kier alpha value is -6.72. The molecule has 7 N–H and O–H groups in total. The van der Waals surface area contributed by atoms with E-state index in [4.69, 9.17) is 38.5 Å². The van der Waals surface area contributed by atoms with E-state index >= 15 is 0 Å². The van der Waals surface area contributed by atoms with Gasteiger partial charge in [0.1, 0.15) is 24.9 Å². The van der Waals surface area contributed by atoms with Gasteiger partial charge >= 0.3 is 29.6 Å². The molecule has 12 fully saturated rings. The van der Waals surface area contributed by atoms with Crippen LogP contribution in [0.25, 0.3) is 0 Å². The molecule has 23 nitrogen and oxygen atoms in total. The van der Waals surface area contributed by atoms with Crippen molar-refractivity contribution < 1.29 is 127 Å². The number of ether oxygens (including phenoxy) is 6. The molecule has 6 aromatic rings. The number of phenols is 2. The Morgan fingerprint density at radius 2 is 0.877 bits per heavy atom. The number of nitrogens with zero attached hydrogens (tertiary/aromatic N) is 3. The normalized spacial score (nSPS) is 36.3. The summed E-state index contributed by atoms with van der Waals surface area (Å²) in [5.74, 6) is 7.59. The van der Waals surface area contributed by atoms with Crippen molar-refractivity contribution in [2.24, 2.45) is 23.7 Å². The predicted molar refractivity (Wildman–Crippen MR) is 446 cm³/mol. The number of quaternary nitrogens is 1. The summed E-state index contributed by atoms with van der Waals surface area (Å²) >= 11 is 3.38. The SMILES string of the molecule is BrCC1CC1.C[N@@+]1(CC2CC2)CC[C@]23c4c5ccc(OCc6ccccc6)c4OC2C(=O)CC[C@@]3(O)[C@H]1C5.Cl.O=C1CC[C@@]2(O)[C@H]3Cc4ccc(O)c5c4[C@@]2(CCN3)C1O5.O=C1CC[C@@]2(O)[C@H]3Cc4ccc(O)c5c4[C@@]2(CCN3CC2CC2)C1O5.O=C1CC[C@@]2(O)[C@H]3Cc4ccc(OCc5ccccc5)c5c4[C@@]2(CCN3CC2CC2)C1O5.O=CO[O-].[Na+]. The van der Waals surface area contributed by atoms with E-state index in [1.807, 2.05) is 84.9 Å². The summed E-state index contributed by atoms with van der Waals surface area (Å²) in [7, 11) is 2.35. The molecule has 12 aliphatic carbocycles. The fraction of sp³-hybridized carbons (Fsp3) is 0.573. The maximum atomic E-state index is 13.2. The van der Waals surface area contributed by atoms with Gasteiger partial charge in [-0.3, -0.25) is 33.8 Å². The number of carbonyl (C=O) groups is 5. The molecule has 6 aromatic carbocycles. The monoisotopic (exact) mass is 1760 g/mol. The number of alkyl halides is 1. The van der Waals surface area contributed by atoms with Crippen LogP contribution in [-0.4, -0.2) is 204 Å². The van der Waals surface area contributed by atoms with E-state index in [0.29, 0.717) is 112 Å². The number of piperidine rings is 4. The number of nitrogens with one attached hydrogen (secondary N) is 1. The summed E-state index contributed by atoms with van der Waals surface area (Å²) in [5.41, 5.74) is 4.45. The van der Waals surface area contributed by atoms with Crippen LogP contribution >= 0.6 is 28.3 Å². The summed E-state index contributed by atoms with van der Waals surface area (Å²) in [6, 6.07) is 35.9. The standard InChI is InChI=1S/C28H32NO4.C27H29NO4.C20H23NO4.C16H17NO4.C4H7Br.CH2O3.ClH.Na/c1-29(16-18-7-8-18)14-13-27-24-20-9-10-22(32-17-19-5-3-2-4-6-19)25(24)33-26(27)21(30)11-12-28(27,31)23(29)15-20;29-20-10-11-27(30)22-14-19-8-9-21(31-16-18-4-2-1-3-5-18)24-23(19)26(27,25(20)32-24)12-13-28(22)15-17-6-7-17;22-13-4-3-12-9-15-20(24)6-5-14(23)18-19(20,16(12)17(13)25-18)7-8-21(15)10-11-1-2-11;18-9-2-1-8-7-11-16(20)4-3-10(19)14-15(16,5-6-17-11)12(8)13(9)21-14;5-3-4-1-2-4;2-1-4-3;;/h2-6,9-10,18,23,26,31H,7-8,11-17H2,1H3;1-5,8-9,17,22,25,30H,6-7,10-16H2;3-4,11,15,18,22,24H,1-2,5-10H2;1-2,11,14,17-18,20H,3-7H2;4H,1-3H2;1,3H;1H;/q+1;;;;;;;+1/p-1/t23-,26?,27+,28-,29+;22-,25?,26+,27-;15-,18?,19+,20-;11-,14?,15+,16-;;;;/m1111..../s1. The summed E-state index contributed by atoms with van der Waals surface area (Å²) in [5, 5.41) is 81.8. The smallest absolute Gasteiger partial charge is 0.662 e. The van der Waals surface area contributed by atoms with Crippen molar-refractivity contribution in [2.45, 2.75) is 260 Å². The summed E-state index contributed by atoms with van der Waals surface area (Å²) in [6.45, 7) is 7.55. The first-order chi connectivity index (χ1) is 58.0. The number of ketones is 4. The van der Waals surface area contributed by atoms with Gasteiger partial charge < -0.3 is 79.0 Å². The van der Waals surface area contributed by atoms with Crippen LogP contribution in [0.3, 0.4) is 0 Å². The van der Waals surface area contributed by atoms with E-state index in [9.17, 15) is 49.8 Å². The molecule has 642 valence electrons. The molecule has 4 unspecified atom stereocenters. The number of hydrogen-bond acceptors (Lipinski definition) is 22. The van der Waals surface area contributed by atoms with Crippen LogP contribution in [0.5, 0.6) is 46.0 Å². The van der Waals surface area contributed by atoms with Gasteiger partial charge in [-0.25, -0.2) is 0 Å². The Morgan fingerprint density at radius 1 is 0.492 bits per heavy atom. The van der Waals surface area contributed by atoms with Gasteiger partial charge in [0.15, 0.2) is 93.5 Å². The molecule has 8 saturated carbocycles. The Labute approximate surface area is 747 Å². The number of hydrogen-bond donors (Lipinski definition) is 7. The van der Waals surface area contributed by atoms with Gasteiger partial charge in [0.05, 0.1) is 58.6 Å². The molecule has 0 aromatic heterocycles. The van der Waals surface area contributed by atoms with Crippen molar-refractivity contribution in [1.82, 2.24) is 15.1 Å². The van der Waals surface area contributed by atoms with E-state index in [1.165, 1.54) is 67.8 Å². The summed E-state index contributed by atoms with van der Waals surface area (Å²) in [6.07, 6.45) is 17.9. The number of aliphatic hydroxyl groups is 4. The first-order valence-corrected chi connectivity index (χ1v) is 45.5. The third-order valence-corrected chi connectivity index (χ3v) is 33.8. The third-order valence-electron chi connectivity index (χ3n) is 32.9. The van der Waals surface area contributed by atoms with Gasteiger partial charge in [-0.05, 0) is 211 Å². The van der Waals surface area contributed by atoms with Crippen molar-refractivity contribution in [3.8, 4) is 46.0 Å². The fourth-order valence-corrected chi connectivity index (χ4v) is 27.3. The Kier molecular flexibility index (Phi) is 21.8. The molecule has 8 aliphatic heterocycles. The summed E-state index contributed by atoms with van der Waals surface area (Å²) in [4.78, 5) is 67.7. The number of Topliss-reactive ketones (excluding diaryl/α,β-unsaturated/α-hetero) is 4. The van der Waals surface area contributed by atoms with Gasteiger partial charge in [0, 0.05) is 103 Å². The molecule has 0 amide bonds. The molecule has 0 radical (unpaired) electrons. The minimum atomic E-state index is -0.962. The fourth-order valence-electron chi connectivity index (χ4n) is 26.6. The van der Waals surface area contributed by atoms with E-state index < -0.39 is 68.5 Å². The first-order valence-electron chi connectivity index (χ1n) is 44.4. The molecule has 20 aliphatic rings. The van der Waals surface area contributed by atoms with Crippen molar-refractivity contribution in [3.05, 3.63) is 165 Å². The van der Waals surface area contributed by atoms with E-state index in [0.717, 1.165) is 157 Å². The number of halogens is 2. The zero-order valence-electron chi connectivity index (χ0n) is 69.6. The average Bonchev–Trinajstić information content (AvgIpc) is 1.39. The van der Waals surface area contributed by atoms with Crippen LogP contribution < -0.4 is 68.6 Å². The molecule has 17 atom stereocenters. The van der Waals surface area contributed by atoms with Gasteiger partial charge in [-0.1, -0.05) is 101 Å². The quantitative estimate of drug-likeness (QED) is 0.0152. The van der Waals surface area contributed by atoms with E-state index in [-0.39, 0.29) is 107 Å². The second-order valence-corrected chi connectivity index (χ2v) is 39.8. The van der Waals surface area contributed by atoms with Gasteiger partial charge in [-0.2, -0.15) is 0 Å². The predicted octanol–water partition coefficient (Wildman–Crippen LogP) is 6.52. The van der Waals surface area contributed by atoms with Crippen molar-refractivity contribution in [1.29, 1.82) is 0 Å². The minimum Gasteiger partial charge on any atom is -0.662 e. The second kappa shape index (κ2) is 31.4. The van der Waals surface area contributed by atoms with Crippen LogP contribution in [0.1, 0.15) is 184 Å². The Bertz CT molecular complexity index is 5150. The second-order valence-electron chi connectivity index (χ2n) is 39.1. The molecular weight excluding hydrogens is 1650 g/mol. The zero-order valence-corrected chi connectivity index (χ0v) is 74.0. The molecule has 26 rings (SSSR count). The van der Waals surface area contributed by atoms with Crippen LogP contribution in [0, 0.1) is 23.7 Å². The summed E-state index contributed by atoms with van der Waals surface area (Å²) < 4.78 is 38.3. The number of rotatable bonds is 14. The molecule has 26 heteroatoms. The van der Waals surface area contributed by atoms with E-state index in [2.05, 4.69) is 55.1 Å². The molecular formula is C96H110BrClN4NaO19+. The number of aromatic hydroxyl groups is 2. The van der Waals surface area contributed by atoms with Crippen molar-refractivity contribution in [2.75, 3.05) is 58.2 Å². The molecule has 4 spiro atoms. The first kappa shape index (κ1) is 84.8. The molecule has 4 saturated heterocycles. The molecule has 8 heterocycles. The number of phenolic OH excluding ortho intramolecular Hbond substituents is 2. The molecule has 8 bridgehead atoms. The number of likely N-dealkylation sites (N-methyl/N-ethyl adjacent to an activating group) is 1. The maximum absolute atomic E-state index is 13.2. The number of likely N-dealkylation sites (tertiary alicyclic amines) is 3. The van der Waals surface area contributed by atoms with Crippen LogP contribution in [-0.2, 0) is 89.4 Å². The van der Waals surface area contributed by atoms with Gasteiger partial charge in [0.2, 0.25) is 0 Å². The number of carbonyl (C=O) groups excluding carboxylic acids is 5. The van der Waals surface area contributed by atoms with Crippen LogP contribution in [0.2, 0.25) is 0 Å². The Balaban J connectivity index is 0.000000104. The Morgan fingerprint density at radius 3 is 1.30 bits per heavy atom. The van der Waals surface area contributed by atoms with E-state index in [1.54, 1.807) is 12.1 Å². The average molecular weight is 1760 g/mol. The maximum Gasteiger partial charge on any atom is 1.00 e. The van der Waals surface area contributed by atoms with Crippen LogP contribution in [0.4, 0.5) is 0 Å². The van der Waals surface area contributed by atoms with Crippen molar-refractivity contribution >= 4 is 57.9 Å². The van der Waals surface area contributed by atoms with Gasteiger partial charge in [0.25, 0.3) is 6.47 Å². The van der Waals surface area contributed by atoms with Gasteiger partial charge in [-0.15, -0.1) is 12.4 Å². The minimum absolute atomic E-state index is 0. The van der Waals surface area contributed by atoms with Crippen LogP contribution in [0.15, 0.2) is 109 Å². The number of benzene rings is 6. The zero-order chi connectivity index (χ0) is 82.4. The third kappa shape index (κ3) is 12.7. The van der Waals surface area contributed by atoms with Crippen molar-refractivity contribution in [3.63, 3.8) is 0 Å². The topological polar surface area (TPSA) is 313 Å². The molecule has 122 heavy (non-hydrogen) atoms.